The lowest BCUT2D eigenvalue weighted by Crippen LogP contribution is -1.97. The van der Waals surface area contributed by atoms with E-state index in [1.807, 2.05) is 6.07 Å². The Kier molecular flexibility index (Phi) is 2.93. The van der Waals surface area contributed by atoms with Crippen LogP contribution in [-0.2, 0) is 6.42 Å². The van der Waals surface area contributed by atoms with Crippen molar-refractivity contribution in [1.29, 1.82) is 5.26 Å². The average molecular weight is 242 g/mol. The van der Waals surface area contributed by atoms with Crippen molar-refractivity contribution in [2.45, 2.75) is 6.42 Å². The maximum Gasteiger partial charge on any atom is 0.277 e. The largest absolute Gasteiger partial charge is 0.277 e. The van der Waals surface area contributed by atoms with E-state index in [1.165, 1.54) is 12.3 Å². The van der Waals surface area contributed by atoms with Gasteiger partial charge in [-0.1, -0.05) is 0 Å². The molecule has 0 unspecified atom stereocenters. The molecule has 0 atom stereocenters. The molecular formula is C7H4BrN3O2. The number of hydrogen-bond acceptors (Lipinski definition) is 4. The summed E-state index contributed by atoms with van der Waals surface area (Å²) in [5.74, 6) is 0. The molecule has 0 N–H and O–H groups in total. The smallest absolute Gasteiger partial charge is 0.258 e. The molecule has 0 aromatic carbocycles. The highest BCUT2D eigenvalue weighted by atomic mass is 79.9. The fourth-order valence-corrected chi connectivity index (χ4v) is 1.33. The lowest BCUT2D eigenvalue weighted by Gasteiger charge is -1.98. The van der Waals surface area contributed by atoms with Gasteiger partial charge in [0.15, 0.2) is 0 Å². The third kappa shape index (κ3) is 2.00. The standard InChI is InChI=1S/C7H4BrN3O2/c8-7-5(1-3-9)6(11(12)13)2-4-10-7/h2,4H,1H2. The number of pyridine rings is 1. The van der Waals surface area contributed by atoms with Crippen molar-refractivity contribution in [2.75, 3.05) is 0 Å². The molecule has 1 aromatic heterocycles. The number of nitro groups is 1. The molecule has 0 amide bonds. The van der Waals surface area contributed by atoms with Crippen LogP contribution in [0.4, 0.5) is 5.69 Å². The first-order valence-electron chi connectivity index (χ1n) is 3.31. The molecule has 0 bridgehead atoms. The van der Waals surface area contributed by atoms with Crippen LogP contribution < -0.4 is 0 Å². The van der Waals surface area contributed by atoms with Gasteiger partial charge in [0.2, 0.25) is 0 Å². The number of nitriles is 1. The molecule has 0 aliphatic carbocycles. The van der Waals surface area contributed by atoms with Gasteiger partial charge in [0.1, 0.15) is 4.60 Å². The van der Waals surface area contributed by atoms with Crippen molar-refractivity contribution >= 4 is 21.6 Å². The van der Waals surface area contributed by atoms with Gasteiger partial charge >= 0.3 is 0 Å². The summed E-state index contributed by atoms with van der Waals surface area (Å²) in [6, 6.07) is 3.12. The summed E-state index contributed by atoms with van der Waals surface area (Å²) < 4.78 is 0.350. The number of nitrogens with zero attached hydrogens (tertiary/aromatic N) is 3. The van der Waals surface area contributed by atoms with Gasteiger partial charge in [-0.25, -0.2) is 4.98 Å². The topological polar surface area (TPSA) is 79.8 Å². The Hall–Kier alpha value is -1.48. The van der Waals surface area contributed by atoms with E-state index in [1.54, 1.807) is 0 Å². The van der Waals surface area contributed by atoms with Crippen LogP contribution in [0.25, 0.3) is 0 Å². The minimum absolute atomic E-state index is 0.0231. The summed E-state index contributed by atoms with van der Waals surface area (Å²) in [6.45, 7) is 0. The highest BCUT2D eigenvalue weighted by Crippen LogP contribution is 2.24. The van der Waals surface area contributed by atoms with E-state index in [-0.39, 0.29) is 12.1 Å². The molecule has 0 aliphatic rings. The van der Waals surface area contributed by atoms with Crippen molar-refractivity contribution in [2.24, 2.45) is 0 Å². The molecule has 0 aliphatic heterocycles. The van der Waals surface area contributed by atoms with Crippen molar-refractivity contribution in [3.63, 3.8) is 0 Å². The van der Waals surface area contributed by atoms with Crippen LogP contribution in [0.1, 0.15) is 5.56 Å². The number of halogens is 1. The summed E-state index contributed by atoms with van der Waals surface area (Å²) in [4.78, 5) is 13.8. The van der Waals surface area contributed by atoms with Crippen LogP contribution in [0.3, 0.4) is 0 Å². The Morgan fingerprint density at radius 3 is 3.00 bits per heavy atom. The second-order valence-corrected chi connectivity index (χ2v) is 2.94. The average Bonchev–Trinajstić information content (AvgIpc) is 2.08. The van der Waals surface area contributed by atoms with Gasteiger partial charge in [-0.15, -0.1) is 0 Å². The molecule has 0 spiro atoms. The molecule has 1 heterocycles. The molecule has 1 rings (SSSR count). The molecule has 6 heteroatoms. The number of rotatable bonds is 2. The summed E-state index contributed by atoms with van der Waals surface area (Å²) >= 11 is 3.05. The maximum absolute atomic E-state index is 10.5. The molecule has 0 saturated carbocycles. The van der Waals surface area contributed by atoms with Crippen LogP contribution in [0, 0.1) is 21.4 Å². The minimum atomic E-state index is -0.529. The minimum Gasteiger partial charge on any atom is -0.258 e. The summed E-state index contributed by atoms with van der Waals surface area (Å²) in [7, 11) is 0. The van der Waals surface area contributed by atoms with Crippen LogP contribution in [0.2, 0.25) is 0 Å². The zero-order valence-corrected chi connectivity index (χ0v) is 7.98. The molecular weight excluding hydrogens is 238 g/mol. The number of hydrogen-bond donors (Lipinski definition) is 0. The first kappa shape index (κ1) is 9.61. The predicted molar refractivity (Wildman–Crippen MR) is 47.9 cm³/mol. The Bertz CT molecular complexity index is 386. The second kappa shape index (κ2) is 3.96. The van der Waals surface area contributed by atoms with Crippen molar-refractivity contribution in [3.8, 4) is 6.07 Å². The Morgan fingerprint density at radius 2 is 2.46 bits per heavy atom. The van der Waals surface area contributed by atoms with Crippen LogP contribution in [-0.4, -0.2) is 9.91 Å². The lowest BCUT2D eigenvalue weighted by atomic mass is 10.2. The molecule has 0 radical (unpaired) electrons. The fraction of sp³-hybridized carbons (Fsp3) is 0.143. The molecule has 66 valence electrons. The Balaban J connectivity index is 3.27. The van der Waals surface area contributed by atoms with Gasteiger partial charge in [0.05, 0.1) is 23.0 Å². The van der Waals surface area contributed by atoms with E-state index in [2.05, 4.69) is 20.9 Å². The number of aromatic nitrogens is 1. The second-order valence-electron chi connectivity index (χ2n) is 2.19. The fourth-order valence-electron chi connectivity index (χ4n) is 0.871. The molecule has 1 aromatic rings. The zero-order chi connectivity index (χ0) is 9.84. The SMILES string of the molecule is N#CCc1c([N+](=O)[O-])ccnc1Br. The van der Waals surface area contributed by atoms with E-state index < -0.39 is 4.92 Å². The maximum atomic E-state index is 10.5. The van der Waals surface area contributed by atoms with Crippen LogP contribution >= 0.6 is 15.9 Å². The van der Waals surface area contributed by atoms with Crippen molar-refractivity contribution in [3.05, 3.63) is 32.5 Å². The summed E-state index contributed by atoms with van der Waals surface area (Å²) in [5.41, 5.74) is 0.235. The predicted octanol–water partition coefficient (Wildman–Crippen LogP) is 1.82. The van der Waals surface area contributed by atoms with Gasteiger partial charge in [0, 0.05) is 12.3 Å². The molecule has 0 saturated heterocycles. The Labute approximate surface area is 82.3 Å². The van der Waals surface area contributed by atoms with E-state index in [0.29, 0.717) is 10.2 Å². The lowest BCUT2D eigenvalue weighted by molar-refractivity contribution is -0.385. The van der Waals surface area contributed by atoms with Gasteiger partial charge in [-0.3, -0.25) is 10.1 Å². The molecule has 0 fully saturated rings. The third-order valence-corrected chi connectivity index (χ3v) is 2.11. The van der Waals surface area contributed by atoms with Crippen molar-refractivity contribution in [1.82, 2.24) is 4.98 Å². The van der Waals surface area contributed by atoms with E-state index >= 15 is 0 Å². The van der Waals surface area contributed by atoms with E-state index in [9.17, 15) is 10.1 Å². The monoisotopic (exact) mass is 241 g/mol. The summed E-state index contributed by atoms with van der Waals surface area (Å²) in [6.07, 6.45) is 1.30. The van der Waals surface area contributed by atoms with Crippen molar-refractivity contribution < 1.29 is 4.92 Å². The van der Waals surface area contributed by atoms with Crippen LogP contribution in [0.5, 0.6) is 0 Å². The van der Waals surface area contributed by atoms with Crippen LogP contribution in [0.15, 0.2) is 16.9 Å². The van der Waals surface area contributed by atoms with E-state index in [0.717, 1.165) is 0 Å². The van der Waals surface area contributed by atoms with Gasteiger partial charge in [-0.05, 0) is 15.9 Å². The van der Waals surface area contributed by atoms with Gasteiger partial charge in [0.25, 0.3) is 5.69 Å². The first-order valence-corrected chi connectivity index (χ1v) is 4.11. The summed E-state index contributed by atoms with van der Waals surface area (Å²) in [5, 5.41) is 18.9. The highest BCUT2D eigenvalue weighted by molar-refractivity contribution is 9.10. The molecule has 5 nitrogen and oxygen atoms in total. The third-order valence-electron chi connectivity index (χ3n) is 1.43. The zero-order valence-electron chi connectivity index (χ0n) is 6.40. The first-order chi connectivity index (χ1) is 6.16. The normalized spacial score (nSPS) is 9.23. The van der Waals surface area contributed by atoms with E-state index in [4.69, 9.17) is 5.26 Å². The van der Waals surface area contributed by atoms with Gasteiger partial charge < -0.3 is 0 Å². The Morgan fingerprint density at radius 1 is 1.77 bits per heavy atom. The quantitative estimate of drug-likeness (QED) is 0.450. The molecule has 13 heavy (non-hydrogen) atoms. The highest BCUT2D eigenvalue weighted by Gasteiger charge is 2.16. The van der Waals surface area contributed by atoms with Gasteiger partial charge in [-0.2, -0.15) is 5.26 Å².